The monoisotopic (exact) mass is 280 g/mol. The average Bonchev–Trinajstić information content (AvgIpc) is 1.67. The molecule has 1 saturated heterocycles. The van der Waals surface area contributed by atoms with Gasteiger partial charge in [-0.3, -0.25) is 0 Å². The Hall–Kier alpha value is 0.491. The predicted molar refractivity (Wildman–Crippen MR) is 70.9 cm³/mol. The van der Waals surface area contributed by atoms with Crippen LogP contribution in [0.25, 0.3) is 0 Å². The van der Waals surface area contributed by atoms with Gasteiger partial charge in [0.1, 0.15) is 5.79 Å². The Morgan fingerprint density at radius 1 is 0.625 bits per heavy atom. The molecule has 4 nitrogen and oxygen atoms in total. The molecule has 0 saturated carbocycles. The third-order valence-electron chi connectivity index (χ3n) is 1.97. The molecular formula is C9H24O4Si3. The van der Waals surface area contributed by atoms with Crippen LogP contribution in [0.2, 0.25) is 39.3 Å². The fraction of sp³-hybridized carbons (Fsp3) is 1.00. The van der Waals surface area contributed by atoms with Crippen molar-refractivity contribution in [3.8, 4) is 0 Å². The first kappa shape index (κ1) is 14.6. The summed E-state index contributed by atoms with van der Waals surface area (Å²) in [6.07, 6.45) is 0. The molecule has 0 unspecified atom stereocenters. The topological polar surface area (TPSA) is 36.9 Å². The molecular weight excluding hydrogens is 256 g/mol. The second kappa shape index (κ2) is 4.01. The van der Waals surface area contributed by atoms with Crippen LogP contribution < -0.4 is 0 Å². The summed E-state index contributed by atoms with van der Waals surface area (Å²) in [5.41, 5.74) is 0. The third-order valence-corrected chi connectivity index (χ3v) is 11.8. The van der Waals surface area contributed by atoms with Crippen molar-refractivity contribution >= 4 is 25.7 Å². The highest BCUT2D eigenvalue weighted by atomic mass is 28.5. The van der Waals surface area contributed by atoms with E-state index in [1.165, 1.54) is 0 Å². The summed E-state index contributed by atoms with van der Waals surface area (Å²) < 4.78 is 24.3. The molecule has 1 rings (SSSR count). The Balaban J connectivity index is 2.98. The van der Waals surface area contributed by atoms with E-state index in [9.17, 15) is 0 Å². The number of hydrogen-bond donors (Lipinski definition) is 0. The molecule has 1 aliphatic rings. The lowest BCUT2D eigenvalue weighted by Crippen LogP contribution is -2.62. The highest BCUT2D eigenvalue weighted by Crippen LogP contribution is 2.31. The lowest BCUT2D eigenvalue weighted by Gasteiger charge is -2.47. The Kier molecular flexibility index (Phi) is 3.64. The summed E-state index contributed by atoms with van der Waals surface area (Å²) in [5.74, 6) is -0.615. The standard InChI is InChI=1S/C9H24O4Si3/c1-9(2)10-14(3,4)12-16(7,8)13-15(5,6)11-9/h1-8H3. The maximum atomic E-state index is 6.13. The van der Waals surface area contributed by atoms with Crippen LogP contribution in [0.4, 0.5) is 0 Å². The molecule has 0 bridgehead atoms. The summed E-state index contributed by atoms with van der Waals surface area (Å²) in [6, 6.07) is 0. The van der Waals surface area contributed by atoms with Crippen LogP contribution in [-0.2, 0) is 17.1 Å². The van der Waals surface area contributed by atoms with E-state index in [1.807, 2.05) is 40.0 Å². The largest absolute Gasteiger partial charge is 0.415 e. The average molecular weight is 281 g/mol. The summed E-state index contributed by atoms with van der Waals surface area (Å²) in [5, 5.41) is 0. The predicted octanol–water partition coefficient (Wildman–Crippen LogP) is 2.91. The maximum absolute atomic E-state index is 6.13. The SMILES string of the molecule is CC1(C)O[Si](C)(C)O[Si](C)(C)O[Si](C)(C)O1. The number of hydrogen-bond acceptors (Lipinski definition) is 4. The van der Waals surface area contributed by atoms with Crippen molar-refractivity contribution in [3.05, 3.63) is 0 Å². The summed E-state index contributed by atoms with van der Waals surface area (Å²) >= 11 is 0. The van der Waals surface area contributed by atoms with Crippen LogP contribution in [0, 0.1) is 0 Å². The van der Waals surface area contributed by atoms with E-state index in [0.29, 0.717) is 0 Å². The Morgan fingerprint density at radius 2 is 0.938 bits per heavy atom. The summed E-state index contributed by atoms with van der Waals surface area (Å²) in [6.45, 7) is 16.1. The van der Waals surface area contributed by atoms with Crippen molar-refractivity contribution < 1.29 is 17.1 Å². The molecule has 0 aromatic heterocycles. The van der Waals surface area contributed by atoms with Crippen LogP contribution >= 0.6 is 0 Å². The third kappa shape index (κ3) is 4.40. The molecule has 0 amide bonds. The van der Waals surface area contributed by atoms with Crippen LogP contribution in [0.1, 0.15) is 13.8 Å². The van der Waals surface area contributed by atoms with Crippen molar-refractivity contribution in [2.75, 3.05) is 0 Å². The van der Waals surface area contributed by atoms with Crippen LogP contribution in [0.3, 0.4) is 0 Å². The first-order chi connectivity index (χ1) is 6.83. The lowest BCUT2D eigenvalue weighted by molar-refractivity contribution is -0.121. The molecule has 7 heteroatoms. The fourth-order valence-corrected chi connectivity index (χ4v) is 15.3. The number of rotatable bonds is 0. The molecule has 16 heavy (non-hydrogen) atoms. The minimum absolute atomic E-state index is 0.615. The molecule has 1 heterocycles. The van der Waals surface area contributed by atoms with Gasteiger partial charge in [0.2, 0.25) is 0 Å². The van der Waals surface area contributed by atoms with Gasteiger partial charge < -0.3 is 17.1 Å². The van der Waals surface area contributed by atoms with Gasteiger partial charge in [-0.05, 0) is 53.1 Å². The molecule has 0 radical (unpaired) electrons. The smallest absolute Gasteiger partial charge is 0.325 e. The van der Waals surface area contributed by atoms with E-state index < -0.39 is 31.5 Å². The zero-order chi connectivity index (χ0) is 12.8. The molecule has 0 aliphatic carbocycles. The normalized spacial score (nSPS) is 31.5. The van der Waals surface area contributed by atoms with E-state index >= 15 is 0 Å². The van der Waals surface area contributed by atoms with Crippen molar-refractivity contribution in [3.63, 3.8) is 0 Å². The highest BCUT2D eigenvalue weighted by molar-refractivity contribution is 6.84. The van der Waals surface area contributed by atoms with Gasteiger partial charge in [0.05, 0.1) is 0 Å². The summed E-state index contributed by atoms with van der Waals surface area (Å²) in [4.78, 5) is 0. The quantitative estimate of drug-likeness (QED) is 0.639. The van der Waals surface area contributed by atoms with E-state index in [4.69, 9.17) is 17.1 Å². The second-order valence-corrected chi connectivity index (χ2v) is 16.4. The molecule has 0 N–H and O–H groups in total. The second-order valence-electron chi connectivity index (χ2n) is 6.01. The van der Waals surface area contributed by atoms with Gasteiger partial charge >= 0.3 is 25.7 Å². The van der Waals surface area contributed by atoms with Crippen molar-refractivity contribution in [2.24, 2.45) is 0 Å². The van der Waals surface area contributed by atoms with Crippen molar-refractivity contribution in [1.29, 1.82) is 0 Å². The molecule has 0 aromatic rings. The lowest BCUT2D eigenvalue weighted by atomic mass is 10.4. The van der Waals surface area contributed by atoms with Crippen LogP contribution in [0.5, 0.6) is 0 Å². The van der Waals surface area contributed by atoms with Gasteiger partial charge in [-0.25, -0.2) is 0 Å². The van der Waals surface area contributed by atoms with E-state index in [-0.39, 0.29) is 0 Å². The zero-order valence-corrected chi connectivity index (χ0v) is 14.6. The molecule has 0 atom stereocenters. The Morgan fingerprint density at radius 3 is 1.25 bits per heavy atom. The molecule has 96 valence electrons. The maximum Gasteiger partial charge on any atom is 0.325 e. The summed E-state index contributed by atoms with van der Waals surface area (Å²) in [7, 11) is -6.48. The first-order valence-electron chi connectivity index (χ1n) is 5.63. The van der Waals surface area contributed by atoms with Gasteiger partial charge in [-0.1, -0.05) is 0 Å². The Bertz CT molecular complexity index is 204. The molecule has 0 aromatic carbocycles. The van der Waals surface area contributed by atoms with Crippen molar-refractivity contribution in [1.82, 2.24) is 0 Å². The van der Waals surface area contributed by atoms with E-state index in [2.05, 4.69) is 13.1 Å². The van der Waals surface area contributed by atoms with Gasteiger partial charge in [0, 0.05) is 0 Å². The Labute approximate surface area is 102 Å². The molecule has 1 aliphatic heterocycles. The van der Waals surface area contributed by atoms with Gasteiger partial charge in [-0.2, -0.15) is 0 Å². The molecule has 1 fully saturated rings. The first-order valence-corrected chi connectivity index (χ1v) is 14.1. The van der Waals surface area contributed by atoms with E-state index in [0.717, 1.165) is 0 Å². The van der Waals surface area contributed by atoms with Crippen LogP contribution in [0.15, 0.2) is 0 Å². The van der Waals surface area contributed by atoms with Gasteiger partial charge in [-0.15, -0.1) is 0 Å². The van der Waals surface area contributed by atoms with E-state index in [1.54, 1.807) is 0 Å². The van der Waals surface area contributed by atoms with Crippen LogP contribution in [-0.4, -0.2) is 31.5 Å². The molecule has 0 spiro atoms. The fourth-order valence-electron chi connectivity index (χ4n) is 2.45. The van der Waals surface area contributed by atoms with Gasteiger partial charge in [0.25, 0.3) is 0 Å². The highest BCUT2D eigenvalue weighted by Gasteiger charge is 2.49. The van der Waals surface area contributed by atoms with Gasteiger partial charge in [0.15, 0.2) is 0 Å². The minimum atomic E-state index is -2.17. The van der Waals surface area contributed by atoms with Crippen molar-refractivity contribution in [2.45, 2.75) is 58.9 Å². The minimum Gasteiger partial charge on any atom is -0.415 e. The zero-order valence-electron chi connectivity index (χ0n) is 11.6.